The summed E-state index contributed by atoms with van der Waals surface area (Å²) in [5.41, 5.74) is -1.58. The van der Waals surface area contributed by atoms with Gasteiger partial charge < -0.3 is 20.3 Å². The number of aromatic nitrogens is 1. The van der Waals surface area contributed by atoms with Crippen molar-refractivity contribution < 1.29 is 41.5 Å². The van der Waals surface area contributed by atoms with Gasteiger partial charge in [-0.3, -0.25) is 43.6 Å². The monoisotopic (exact) mass is 837 g/mol. The molecular formula is C40H43F4N9O5S. The third-order valence-electron chi connectivity index (χ3n) is 10.5. The van der Waals surface area contributed by atoms with E-state index in [4.69, 9.17) is 22.2 Å². The zero-order valence-electron chi connectivity index (χ0n) is 32.6. The van der Waals surface area contributed by atoms with Crippen LogP contribution in [0.4, 0.5) is 40.3 Å². The Morgan fingerprint density at radius 2 is 1.86 bits per heavy atom. The van der Waals surface area contributed by atoms with Crippen molar-refractivity contribution in [3.8, 4) is 11.8 Å². The number of nitriles is 1. The van der Waals surface area contributed by atoms with Crippen molar-refractivity contribution in [2.75, 3.05) is 66.4 Å². The fraction of sp³-hybridized carbons (Fsp3) is 0.425. The number of anilines is 4. The molecule has 4 amide bonds. The summed E-state index contributed by atoms with van der Waals surface area (Å²) >= 11 is 5.64. The number of rotatable bonds is 13. The summed E-state index contributed by atoms with van der Waals surface area (Å²) in [6.45, 7) is 7.46. The van der Waals surface area contributed by atoms with E-state index >= 15 is 0 Å². The maximum atomic E-state index is 13.8. The summed E-state index contributed by atoms with van der Waals surface area (Å²) in [4.78, 5) is 60.6. The Hall–Kier alpha value is -5.71. The molecule has 1 aromatic heterocycles. The predicted molar refractivity (Wildman–Crippen MR) is 215 cm³/mol. The molecule has 3 fully saturated rings. The fourth-order valence-electron chi connectivity index (χ4n) is 7.38. The van der Waals surface area contributed by atoms with Gasteiger partial charge in [0.25, 0.3) is 5.91 Å². The molecule has 3 saturated heterocycles. The second-order valence-electron chi connectivity index (χ2n) is 15.0. The number of benzene rings is 2. The minimum Gasteiger partial charge on any atom is -0.492 e. The smallest absolute Gasteiger partial charge is 0.419 e. The average Bonchev–Trinajstić information content (AvgIpc) is 3.35. The minimum atomic E-state index is -4.90. The van der Waals surface area contributed by atoms with E-state index < -0.39 is 41.6 Å². The van der Waals surface area contributed by atoms with Crippen LogP contribution in [0.5, 0.6) is 5.75 Å². The number of alkyl halides is 4. The van der Waals surface area contributed by atoms with Crippen LogP contribution in [0, 0.1) is 11.3 Å². The summed E-state index contributed by atoms with van der Waals surface area (Å²) in [6.07, 6.45) is -3.27. The van der Waals surface area contributed by atoms with Crippen molar-refractivity contribution in [2.45, 2.75) is 63.8 Å². The molecule has 2 atom stereocenters. The highest BCUT2D eigenvalue weighted by molar-refractivity contribution is 7.81. The molecule has 3 aliphatic rings. The van der Waals surface area contributed by atoms with Crippen molar-refractivity contribution in [1.29, 1.82) is 5.26 Å². The first-order valence-corrected chi connectivity index (χ1v) is 19.3. The van der Waals surface area contributed by atoms with E-state index in [2.05, 4.69) is 30.7 Å². The summed E-state index contributed by atoms with van der Waals surface area (Å²) < 4.78 is 61.2. The third kappa shape index (κ3) is 9.61. The zero-order chi connectivity index (χ0) is 42.6. The highest BCUT2D eigenvalue weighted by atomic mass is 32.1. The SMILES string of the molecule is CC1CN(CCOc2ccc(N3C(=S)N(c4cnc(C#N)c(C(F)(F)F)c4)C(=O)C3(C)C)cc2CCF)CCN1CC(=O)Nc1cccc(NC2CCC(=O)NC2=O)c1. The number of carbonyl (C=O) groups is 4. The number of thiocarbonyl (C=S) groups is 1. The number of hydrogen-bond donors (Lipinski definition) is 3. The Bertz CT molecular complexity index is 2180. The van der Waals surface area contributed by atoms with Gasteiger partial charge in [-0.25, -0.2) is 4.98 Å². The van der Waals surface area contributed by atoms with Crippen LogP contribution >= 0.6 is 12.2 Å². The molecule has 0 spiro atoms. The van der Waals surface area contributed by atoms with Crippen LogP contribution in [-0.2, 0) is 31.8 Å². The summed E-state index contributed by atoms with van der Waals surface area (Å²) in [7, 11) is 0. The third-order valence-corrected chi connectivity index (χ3v) is 10.8. The largest absolute Gasteiger partial charge is 0.492 e. The van der Waals surface area contributed by atoms with E-state index in [1.807, 2.05) is 6.92 Å². The van der Waals surface area contributed by atoms with E-state index in [9.17, 15) is 36.7 Å². The Morgan fingerprint density at radius 1 is 1.10 bits per heavy atom. The van der Waals surface area contributed by atoms with Gasteiger partial charge in [0, 0.05) is 62.1 Å². The van der Waals surface area contributed by atoms with Gasteiger partial charge >= 0.3 is 6.18 Å². The van der Waals surface area contributed by atoms with Gasteiger partial charge in [0.05, 0.1) is 30.7 Å². The number of pyridine rings is 1. The van der Waals surface area contributed by atoms with Gasteiger partial charge in [-0.2, -0.15) is 18.4 Å². The number of imide groups is 1. The Balaban J connectivity index is 1.03. The number of nitrogens with one attached hydrogen (secondary N) is 3. The van der Waals surface area contributed by atoms with Gasteiger partial charge in [0.2, 0.25) is 17.7 Å². The summed E-state index contributed by atoms with van der Waals surface area (Å²) in [5.74, 6) is -1.05. The molecule has 312 valence electrons. The maximum absolute atomic E-state index is 13.8. The molecule has 0 saturated carbocycles. The molecular weight excluding hydrogens is 795 g/mol. The van der Waals surface area contributed by atoms with E-state index in [0.717, 1.165) is 11.1 Å². The molecule has 0 aliphatic carbocycles. The molecule has 3 aliphatic heterocycles. The Morgan fingerprint density at radius 3 is 2.56 bits per heavy atom. The van der Waals surface area contributed by atoms with E-state index in [0.29, 0.717) is 67.0 Å². The van der Waals surface area contributed by atoms with Crippen LogP contribution in [0.3, 0.4) is 0 Å². The molecule has 59 heavy (non-hydrogen) atoms. The Labute approximate surface area is 343 Å². The summed E-state index contributed by atoms with van der Waals surface area (Å²) in [6, 6.07) is 13.6. The van der Waals surface area contributed by atoms with Crippen LogP contribution in [0.1, 0.15) is 50.4 Å². The Kier molecular flexibility index (Phi) is 12.8. The number of piperazine rings is 1. The molecule has 14 nitrogen and oxygen atoms in total. The van der Waals surface area contributed by atoms with Crippen molar-refractivity contribution >= 4 is 63.7 Å². The number of piperidine rings is 1. The minimum absolute atomic E-state index is 0.00519. The molecule has 3 aromatic rings. The number of nitrogens with zero attached hydrogens (tertiary/aromatic N) is 6. The van der Waals surface area contributed by atoms with Crippen LogP contribution in [0.2, 0.25) is 0 Å². The first kappa shape index (κ1) is 42.9. The van der Waals surface area contributed by atoms with Gasteiger partial charge in [-0.05, 0) is 87.4 Å². The molecule has 2 aromatic carbocycles. The zero-order valence-corrected chi connectivity index (χ0v) is 33.4. The first-order valence-electron chi connectivity index (χ1n) is 18.9. The van der Waals surface area contributed by atoms with Gasteiger partial charge in [-0.1, -0.05) is 6.07 Å². The lowest BCUT2D eigenvalue weighted by molar-refractivity contribution is -0.138. The molecule has 2 unspecified atom stereocenters. The summed E-state index contributed by atoms with van der Waals surface area (Å²) in [5, 5.41) is 17.4. The van der Waals surface area contributed by atoms with Crippen LogP contribution in [0.25, 0.3) is 0 Å². The van der Waals surface area contributed by atoms with Crippen molar-refractivity contribution in [3.05, 3.63) is 71.5 Å². The predicted octanol–water partition coefficient (Wildman–Crippen LogP) is 4.64. The molecule has 19 heteroatoms. The number of amides is 4. The number of halogens is 4. The van der Waals surface area contributed by atoms with E-state index in [1.165, 1.54) is 11.0 Å². The highest BCUT2D eigenvalue weighted by Gasteiger charge is 2.51. The topological polar surface area (TPSA) is 163 Å². The molecule has 3 N–H and O–H groups in total. The number of ether oxygens (including phenoxy) is 1. The highest BCUT2D eigenvalue weighted by Crippen LogP contribution is 2.40. The normalized spacial score (nSPS) is 20.0. The second kappa shape index (κ2) is 17.6. The van der Waals surface area contributed by atoms with Crippen molar-refractivity contribution in [2.24, 2.45) is 0 Å². The quantitative estimate of drug-likeness (QED) is 0.124. The number of aryl methyl sites for hydroxylation is 1. The lowest BCUT2D eigenvalue weighted by atomic mass is 10.0. The molecule has 0 radical (unpaired) electrons. The van der Waals surface area contributed by atoms with Gasteiger partial charge in [0.15, 0.2) is 10.8 Å². The lowest BCUT2D eigenvalue weighted by Gasteiger charge is -2.39. The van der Waals surface area contributed by atoms with Gasteiger partial charge in [-0.15, -0.1) is 0 Å². The molecule has 6 rings (SSSR count). The fourth-order valence-corrected chi connectivity index (χ4v) is 7.90. The van der Waals surface area contributed by atoms with Crippen molar-refractivity contribution in [3.63, 3.8) is 0 Å². The van der Waals surface area contributed by atoms with Gasteiger partial charge in [0.1, 0.15) is 30.0 Å². The van der Waals surface area contributed by atoms with Crippen LogP contribution in [-0.4, -0.2) is 107 Å². The van der Waals surface area contributed by atoms with Crippen molar-refractivity contribution in [1.82, 2.24) is 20.1 Å². The number of carbonyl (C=O) groups excluding carboxylic acids is 4. The molecule has 0 bridgehead atoms. The second-order valence-corrected chi connectivity index (χ2v) is 15.4. The number of hydrogen-bond acceptors (Lipinski definition) is 11. The lowest BCUT2D eigenvalue weighted by Crippen LogP contribution is -2.54. The first-order chi connectivity index (χ1) is 28.0. The van der Waals surface area contributed by atoms with Crippen LogP contribution in [0.15, 0.2) is 54.7 Å². The maximum Gasteiger partial charge on any atom is 0.419 e. The average molecular weight is 838 g/mol. The van der Waals surface area contributed by atoms with E-state index in [1.54, 1.807) is 56.3 Å². The van der Waals surface area contributed by atoms with Crippen LogP contribution < -0.4 is 30.5 Å². The standard InChI is InChI=1S/C40H43F4N9O5S/c1-24-22-50(13-14-51(24)23-35(55)48-27-6-4-5-26(18-27)47-31-8-10-34(54)49-36(31)56)15-16-58-33-9-7-28(17-25(33)11-12-41)53-38(59)52(37(57)39(53,2)3)29-19-30(40(42,43)44)32(20-45)46-21-29/h4-7,9,17-19,21,24,31,47H,8,10-16,22-23H2,1-3H3,(H,48,55)(H,49,54,56). The van der Waals surface area contributed by atoms with E-state index in [-0.39, 0.29) is 60.6 Å². The molecule has 4 heterocycles.